The number of aryl methyl sites for hydroxylation is 1. The maximum atomic E-state index is 11.1. The predicted molar refractivity (Wildman–Crippen MR) is 86.4 cm³/mol. The molecule has 104 valence electrons. The molecule has 0 aliphatic rings. The number of hydrogen-bond acceptors (Lipinski definition) is 4. The minimum Gasteiger partial charge on any atom is -0.258 e. The van der Waals surface area contributed by atoms with Crippen LogP contribution in [0.2, 0.25) is 0 Å². The Hall–Kier alpha value is -2.53. The Morgan fingerprint density at radius 1 is 1.19 bits per heavy atom. The molecule has 5 heteroatoms. The molecular formula is C16H12N2O2S. The highest BCUT2D eigenvalue weighted by Crippen LogP contribution is 2.24. The molecule has 3 aromatic rings. The van der Waals surface area contributed by atoms with Gasteiger partial charge in [0.05, 0.1) is 10.6 Å². The summed E-state index contributed by atoms with van der Waals surface area (Å²) in [4.78, 5) is 16.2. The Labute approximate surface area is 125 Å². The first kappa shape index (κ1) is 13.5. The van der Waals surface area contributed by atoms with Crippen LogP contribution in [0, 0.1) is 17.0 Å². The van der Waals surface area contributed by atoms with Crippen LogP contribution < -0.4 is 0 Å². The van der Waals surface area contributed by atoms with Crippen LogP contribution in [0.25, 0.3) is 23.1 Å². The number of hydrogen-bond donors (Lipinski definition) is 0. The van der Waals surface area contributed by atoms with Gasteiger partial charge in [0.1, 0.15) is 5.52 Å². The van der Waals surface area contributed by atoms with Crippen LogP contribution in [0.4, 0.5) is 5.69 Å². The van der Waals surface area contributed by atoms with E-state index in [1.54, 1.807) is 17.4 Å². The summed E-state index contributed by atoms with van der Waals surface area (Å²) in [7, 11) is 0. The molecule has 0 saturated carbocycles. The predicted octanol–water partition coefficient (Wildman–Crippen LogP) is 4.68. The Kier molecular flexibility index (Phi) is 3.50. The van der Waals surface area contributed by atoms with E-state index in [2.05, 4.69) is 18.0 Å². The number of benzene rings is 1. The number of aromatic nitrogens is 1. The minimum absolute atomic E-state index is 0.0371. The van der Waals surface area contributed by atoms with Crippen LogP contribution in [0.5, 0.6) is 0 Å². The van der Waals surface area contributed by atoms with Gasteiger partial charge in [-0.25, -0.2) is 4.98 Å². The van der Waals surface area contributed by atoms with Gasteiger partial charge in [0.25, 0.3) is 5.69 Å². The fraction of sp³-hybridized carbons (Fsp3) is 0.0625. The van der Waals surface area contributed by atoms with Gasteiger partial charge >= 0.3 is 0 Å². The molecule has 0 unspecified atom stereocenters. The fourth-order valence-electron chi connectivity index (χ4n) is 2.10. The van der Waals surface area contributed by atoms with Gasteiger partial charge in [0.15, 0.2) is 0 Å². The van der Waals surface area contributed by atoms with Gasteiger partial charge in [-0.1, -0.05) is 18.2 Å². The third kappa shape index (κ3) is 2.68. The molecule has 0 fully saturated rings. The summed E-state index contributed by atoms with van der Waals surface area (Å²) in [5.74, 6) is 0. The van der Waals surface area contributed by atoms with Crippen molar-refractivity contribution in [2.75, 3.05) is 0 Å². The highest BCUT2D eigenvalue weighted by atomic mass is 32.1. The van der Waals surface area contributed by atoms with Gasteiger partial charge in [-0.15, -0.1) is 11.3 Å². The van der Waals surface area contributed by atoms with Crippen molar-refractivity contribution in [3.8, 4) is 0 Å². The van der Waals surface area contributed by atoms with E-state index in [0.717, 1.165) is 5.39 Å². The van der Waals surface area contributed by atoms with Crippen molar-refractivity contribution in [1.82, 2.24) is 4.98 Å². The second kappa shape index (κ2) is 5.46. The molecule has 0 radical (unpaired) electrons. The molecule has 21 heavy (non-hydrogen) atoms. The second-order valence-electron chi connectivity index (χ2n) is 4.64. The normalized spacial score (nSPS) is 11.3. The van der Waals surface area contributed by atoms with Gasteiger partial charge in [-0.05, 0) is 42.2 Å². The summed E-state index contributed by atoms with van der Waals surface area (Å²) in [6, 6.07) is 10.8. The maximum Gasteiger partial charge on any atom is 0.295 e. The molecule has 0 bridgehead atoms. The SMILES string of the molecule is Cc1ccsc1/C=C/c1ccc2cccc([N+](=O)[O-])c2n1. The van der Waals surface area contributed by atoms with Gasteiger partial charge in [-0.3, -0.25) is 10.1 Å². The fourth-order valence-corrected chi connectivity index (χ4v) is 2.92. The van der Waals surface area contributed by atoms with Crippen molar-refractivity contribution < 1.29 is 4.92 Å². The molecular weight excluding hydrogens is 284 g/mol. The smallest absolute Gasteiger partial charge is 0.258 e. The molecule has 0 aliphatic carbocycles. The zero-order valence-electron chi connectivity index (χ0n) is 11.3. The van der Waals surface area contributed by atoms with E-state index in [-0.39, 0.29) is 5.69 Å². The van der Waals surface area contributed by atoms with Gasteiger partial charge in [-0.2, -0.15) is 0 Å². The van der Waals surface area contributed by atoms with Crippen LogP contribution in [0.1, 0.15) is 16.1 Å². The van der Waals surface area contributed by atoms with E-state index >= 15 is 0 Å². The third-order valence-electron chi connectivity index (χ3n) is 3.22. The summed E-state index contributed by atoms with van der Waals surface area (Å²) < 4.78 is 0. The largest absolute Gasteiger partial charge is 0.295 e. The second-order valence-corrected chi connectivity index (χ2v) is 5.59. The van der Waals surface area contributed by atoms with E-state index < -0.39 is 4.92 Å². The van der Waals surface area contributed by atoms with Crippen molar-refractivity contribution in [3.63, 3.8) is 0 Å². The zero-order chi connectivity index (χ0) is 14.8. The van der Waals surface area contributed by atoms with Crippen LogP contribution in [0.3, 0.4) is 0 Å². The Morgan fingerprint density at radius 2 is 2.05 bits per heavy atom. The van der Waals surface area contributed by atoms with Gasteiger partial charge in [0.2, 0.25) is 0 Å². The molecule has 0 aliphatic heterocycles. The lowest BCUT2D eigenvalue weighted by molar-refractivity contribution is -0.383. The van der Waals surface area contributed by atoms with Crippen molar-refractivity contribution in [1.29, 1.82) is 0 Å². The highest BCUT2D eigenvalue weighted by Gasteiger charge is 2.12. The number of para-hydroxylation sites is 1. The van der Waals surface area contributed by atoms with Crippen molar-refractivity contribution in [2.24, 2.45) is 0 Å². The summed E-state index contributed by atoms with van der Waals surface area (Å²) in [5.41, 5.74) is 2.38. The third-order valence-corrected chi connectivity index (χ3v) is 4.21. The van der Waals surface area contributed by atoms with E-state index in [9.17, 15) is 10.1 Å². The zero-order valence-corrected chi connectivity index (χ0v) is 12.1. The summed E-state index contributed by atoms with van der Waals surface area (Å²) in [6.07, 6.45) is 3.87. The maximum absolute atomic E-state index is 11.1. The lowest BCUT2D eigenvalue weighted by Gasteiger charge is -2.00. The molecule has 2 heterocycles. The summed E-state index contributed by atoms with van der Waals surface area (Å²) in [5, 5.41) is 13.9. The number of fused-ring (bicyclic) bond motifs is 1. The Bertz CT molecular complexity index is 852. The molecule has 0 saturated heterocycles. The quantitative estimate of drug-likeness (QED) is 0.520. The molecule has 0 spiro atoms. The van der Waals surface area contributed by atoms with Crippen molar-refractivity contribution in [2.45, 2.75) is 6.92 Å². The van der Waals surface area contributed by atoms with Crippen LogP contribution in [-0.2, 0) is 0 Å². The number of thiophene rings is 1. The Morgan fingerprint density at radius 3 is 2.76 bits per heavy atom. The molecule has 0 atom stereocenters. The lowest BCUT2D eigenvalue weighted by Crippen LogP contribution is -1.92. The molecule has 2 aromatic heterocycles. The van der Waals surface area contributed by atoms with E-state index in [1.807, 2.05) is 35.7 Å². The first-order valence-corrected chi connectivity index (χ1v) is 7.29. The molecule has 3 rings (SSSR count). The summed E-state index contributed by atoms with van der Waals surface area (Å²) in [6.45, 7) is 2.05. The molecule has 0 amide bonds. The number of nitro benzene ring substituents is 1. The number of rotatable bonds is 3. The molecule has 4 nitrogen and oxygen atoms in total. The average Bonchev–Trinajstić information content (AvgIpc) is 2.89. The first-order chi connectivity index (χ1) is 10.1. The van der Waals surface area contributed by atoms with Crippen molar-refractivity contribution in [3.05, 3.63) is 68.0 Å². The average molecular weight is 296 g/mol. The molecule has 0 N–H and O–H groups in total. The number of nitrogens with zero attached hydrogens (tertiary/aromatic N) is 2. The van der Waals surface area contributed by atoms with Crippen LogP contribution >= 0.6 is 11.3 Å². The van der Waals surface area contributed by atoms with E-state index in [1.165, 1.54) is 16.5 Å². The number of pyridine rings is 1. The lowest BCUT2D eigenvalue weighted by atomic mass is 10.1. The topological polar surface area (TPSA) is 56.0 Å². The highest BCUT2D eigenvalue weighted by molar-refractivity contribution is 7.11. The van der Waals surface area contributed by atoms with Crippen molar-refractivity contribution >= 4 is 40.1 Å². The van der Waals surface area contributed by atoms with E-state index in [4.69, 9.17) is 0 Å². The minimum atomic E-state index is -0.397. The standard InChI is InChI=1S/C16H12N2O2S/c1-11-9-10-21-15(11)8-7-13-6-5-12-3-2-4-14(18(19)20)16(12)17-13/h2-10H,1H3/b8-7+. The van der Waals surface area contributed by atoms with Gasteiger partial charge in [0, 0.05) is 16.3 Å². The number of nitro groups is 1. The van der Waals surface area contributed by atoms with Gasteiger partial charge < -0.3 is 0 Å². The van der Waals surface area contributed by atoms with Crippen LogP contribution in [-0.4, -0.2) is 9.91 Å². The van der Waals surface area contributed by atoms with Crippen LogP contribution in [0.15, 0.2) is 41.8 Å². The van der Waals surface area contributed by atoms with E-state index in [0.29, 0.717) is 11.2 Å². The molecule has 1 aromatic carbocycles. The summed E-state index contributed by atoms with van der Waals surface area (Å²) >= 11 is 1.66. The first-order valence-electron chi connectivity index (χ1n) is 6.41. The monoisotopic (exact) mass is 296 g/mol. The number of non-ortho nitro benzene ring substituents is 1. The Balaban J connectivity index is 2.05.